The number of ether oxygens (including phenoxy) is 1. The van der Waals surface area contributed by atoms with E-state index in [1.54, 1.807) is 18.9 Å². The van der Waals surface area contributed by atoms with Gasteiger partial charge in [0.05, 0.1) is 7.11 Å². The Bertz CT molecular complexity index is 969. The lowest BCUT2D eigenvalue weighted by molar-refractivity contribution is -0.130. The van der Waals surface area contributed by atoms with Gasteiger partial charge in [0.25, 0.3) is 0 Å². The molecule has 0 bridgehead atoms. The van der Waals surface area contributed by atoms with Gasteiger partial charge in [-0.2, -0.15) is 0 Å². The maximum atomic E-state index is 12.2. The van der Waals surface area contributed by atoms with Crippen LogP contribution >= 0.6 is 11.8 Å². The largest absolute Gasteiger partial charge is 0.497 e. The number of methoxy groups -OCH3 is 1. The molecule has 0 saturated heterocycles. The molecule has 1 aromatic heterocycles. The van der Waals surface area contributed by atoms with E-state index in [4.69, 9.17) is 4.74 Å². The standard InChI is InChI=1S/C25H32N4O2S/c1-4-28(5-2)24(30)13-9-10-18-32-25-27-26-23(19-20-11-7-6-8-12-20)29(25)21-14-16-22(31-3)17-15-21/h6-8,11-12,14-17H,4-5,9-10,13,18-19H2,1-3H3. The van der Waals surface area contributed by atoms with Crippen LogP contribution in [0.3, 0.4) is 0 Å². The Morgan fingerprint density at radius 1 is 1.00 bits per heavy atom. The Kier molecular flexibility index (Phi) is 9.16. The summed E-state index contributed by atoms with van der Waals surface area (Å²) in [6.45, 7) is 5.60. The second-order valence-electron chi connectivity index (χ2n) is 7.47. The summed E-state index contributed by atoms with van der Waals surface area (Å²) < 4.78 is 7.43. The first kappa shape index (κ1) is 23.9. The fourth-order valence-corrected chi connectivity index (χ4v) is 4.52. The maximum absolute atomic E-state index is 12.2. The van der Waals surface area contributed by atoms with Crippen molar-refractivity contribution in [2.24, 2.45) is 0 Å². The number of hydrogen-bond acceptors (Lipinski definition) is 5. The number of aromatic nitrogens is 3. The number of hydrogen-bond donors (Lipinski definition) is 0. The average molecular weight is 453 g/mol. The number of benzene rings is 2. The number of nitrogens with zero attached hydrogens (tertiary/aromatic N) is 4. The molecule has 6 nitrogen and oxygen atoms in total. The Balaban J connectivity index is 1.69. The van der Waals surface area contributed by atoms with Crippen molar-refractivity contribution in [1.29, 1.82) is 0 Å². The molecule has 0 radical (unpaired) electrons. The molecule has 7 heteroatoms. The molecule has 0 spiro atoms. The van der Waals surface area contributed by atoms with Gasteiger partial charge >= 0.3 is 0 Å². The highest BCUT2D eigenvalue weighted by Gasteiger charge is 2.15. The fraction of sp³-hybridized carbons (Fsp3) is 0.400. The Labute approximate surface area is 195 Å². The first-order chi connectivity index (χ1) is 15.7. The Hall–Kier alpha value is -2.80. The van der Waals surface area contributed by atoms with Crippen molar-refractivity contribution in [3.05, 3.63) is 66.0 Å². The minimum atomic E-state index is 0.242. The van der Waals surface area contributed by atoms with Gasteiger partial charge in [-0.25, -0.2) is 0 Å². The van der Waals surface area contributed by atoms with Gasteiger partial charge in [0, 0.05) is 37.4 Å². The third kappa shape index (κ3) is 6.36. The molecule has 0 aliphatic carbocycles. The lowest BCUT2D eigenvalue weighted by atomic mass is 10.1. The predicted octanol–water partition coefficient (Wildman–Crippen LogP) is 5.00. The Morgan fingerprint density at radius 2 is 1.72 bits per heavy atom. The van der Waals surface area contributed by atoms with Crippen LogP contribution in [0.15, 0.2) is 59.8 Å². The minimum absolute atomic E-state index is 0.242. The van der Waals surface area contributed by atoms with E-state index in [1.165, 1.54) is 5.56 Å². The highest BCUT2D eigenvalue weighted by molar-refractivity contribution is 7.99. The highest BCUT2D eigenvalue weighted by atomic mass is 32.2. The number of carbonyl (C=O) groups excluding carboxylic acids is 1. The van der Waals surface area contributed by atoms with Crippen LogP contribution in [0, 0.1) is 0 Å². The lowest BCUT2D eigenvalue weighted by Crippen LogP contribution is -2.30. The molecule has 1 heterocycles. The van der Waals surface area contributed by atoms with E-state index in [0.29, 0.717) is 12.8 Å². The van der Waals surface area contributed by atoms with E-state index in [1.807, 2.05) is 61.2 Å². The summed E-state index contributed by atoms with van der Waals surface area (Å²) in [6, 6.07) is 18.3. The molecule has 0 N–H and O–H groups in total. The quantitative estimate of drug-likeness (QED) is 0.286. The molecular weight excluding hydrogens is 420 g/mol. The summed E-state index contributed by atoms with van der Waals surface area (Å²) >= 11 is 1.69. The van der Waals surface area contributed by atoms with Crippen molar-refractivity contribution in [2.75, 3.05) is 26.0 Å². The molecular formula is C25H32N4O2S. The molecule has 170 valence electrons. The summed E-state index contributed by atoms with van der Waals surface area (Å²) in [5, 5.41) is 9.86. The molecule has 0 fully saturated rings. The van der Waals surface area contributed by atoms with E-state index >= 15 is 0 Å². The summed E-state index contributed by atoms with van der Waals surface area (Å²) in [7, 11) is 1.67. The van der Waals surface area contributed by atoms with Crippen molar-refractivity contribution in [2.45, 2.75) is 44.7 Å². The van der Waals surface area contributed by atoms with Gasteiger partial charge in [-0.05, 0) is 56.5 Å². The van der Waals surface area contributed by atoms with Gasteiger partial charge in [0.15, 0.2) is 5.16 Å². The molecule has 0 unspecified atom stereocenters. The number of thioether (sulfide) groups is 1. The monoisotopic (exact) mass is 452 g/mol. The smallest absolute Gasteiger partial charge is 0.222 e. The SMILES string of the molecule is CCN(CC)C(=O)CCCCSc1nnc(Cc2ccccc2)n1-c1ccc(OC)cc1. The van der Waals surface area contributed by atoms with Crippen LogP contribution in [0.2, 0.25) is 0 Å². The second-order valence-corrected chi connectivity index (χ2v) is 8.53. The molecule has 3 aromatic rings. The number of carbonyl (C=O) groups is 1. The molecule has 1 amide bonds. The van der Waals surface area contributed by atoms with E-state index < -0.39 is 0 Å². The lowest BCUT2D eigenvalue weighted by Gasteiger charge is -2.18. The minimum Gasteiger partial charge on any atom is -0.497 e. The van der Waals surface area contributed by atoms with Crippen LogP contribution in [0.1, 0.15) is 44.5 Å². The maximum Gasteiger partial charge on any atom is 0.222 e. The zero-order chi connectivity index (χ0) is 22.8. The van der Waals surface area contributed by atoms with Crippen molar-refractivity contribution >= 4 is 17.7 Å². The number of amides is 1. The molecule has 0 atom stereocenters. The third-order valence-corrected chi connectivity index (χ3v) is 6.38. The van der Waals surface area contributed by atoms with E-state index in [-0.39, 0.29) is 5.91 Å². The van der Waals surface area contributed by atoms with E-state index in [9.17, 15) is 4.79 Å². The van der Waals surface area contributed by atoms with Crippen LogP contribution < -0.4 is 4.74 Å². The zero-order valence-electron chi connectivity index (χ0n) is 19.2. The van der Waals surface area contributed by atoms with Gasteiger partial charge < -0.3 is 9.64 Å². The highest BCUT2D eigenvalue weighted by Crippen LogP contribution is 2.26. The number of rotatable bonds is 12. The fourth-order valence-electron chi connectivity index (χ4n) is 3.55. The molecule has 0 aliphatic heterocycles. The molecule has 0 aliphatic rings. The molecule has 3 rings (SSSR count). The van der Waals surface area contributed by atoms with E-state index in [2.05, 4.69) is 26.9 Å². The average Bonchev–Trinajstić information content (AvgIpc) is 3.22. The molecule has 0 saturated carbocycles. The molecule has 32 heavy (non-hydrogen) atoms. The first-order valence-corrected chi connectivity index (χ1v) is 12.2. The van der Waals surface area contributed by atoms with Gasteiger partial charge in [-0.3, -0.25) is 9.36 Å². The van der Waals surface area contributed by atoms with Crippen molar-refractivity contribution < 1.29 is 9.53 Å². The Morgan fingerprint density at radius 3 is 2.38 bits per heavy atom. The van der Waals surface area contributed by atoms with Crippen LogP contribution in [0.4, 0.5) is 0 Å². The third-order valence-electron chi connectivity index (χ3n) is 5.37. The molecule has 2 aromatic carbocycles. The van der Waals surface area contributed by atoms with Gasteiger partial charge in [-0.1, -0.05) is 42.1 Å². The summed E-state index contributed by atoms with van der Waals surface area (Å²) in [5.41, 5.74) is 2.21. The summed E-state index contributed by atoms with van der Waals surface area (Å²) in [5.74, 6) is 2.86. The first-order valence-electron chi connectivity index (χ1n) is 11.2. The normalized spacial score (nSPS) is 10.8. The summed E-state index contributed by atoms with van der Waals surface area (Å²) in [6.07, 6.45) is 3.16. The van der Waals surface area contributed by atoms with Crippen LogP contribution in [-0.4, -0.2) is 51.5 Å². The van der Waals surface area contributed by atoms with Gasteiger partial charge in [0.1, 0.15) is 11.6 Å². The summed E-state index contributed by atoms with van der Waals surface area (Å²) in [4.78, 5) is 14.1. The van der Waals surface area contributed by atoms with Crippen LogP contribution in [0.25, 0.3) is 5.69 Å². The van der Waals surface area contributed by atoms with Crippen LogP contribution in [0.5, 0.6) is 5.75 Å². The second kappa shape index (κ2) is 12.3. The van der Waals surface area contributed by atoms with Crippen molar-refractivity contribution in [3.8, 4) is 11.4 Å². The zero-order valence-corrected chi connectivity index (χ0v) is 20.0. The van der Waals surface area contributed by atoms with Gasteiger partial charge in [0.2, 0.25) is 5.91 Å². The number of unbranched alkanes of at least 4 members (excludes halogenated alkanes) is 1. The van der Waals surface area contributed by atoms with Crippen molar-refractivity contribution in [3.63, 3.8) is 0 Å². The predicted molar refractivity (Wildman–Crippen MR) is 130 cm³/mol. The van der Waals surface area contributed by atoms with Crippen LogP contribution in [-0.2, 0) is 11.2 Å². The van der Waals surface area contributed by atoms with Gasteiger partial charge in [-0.15, -0.1) is 10.2 Å². The topological polar surface area (TPSA) is 60.2 Å². The van der Waals surface area contributed by atoms with Crippen molar-refractivity contribution in [1.82, 2.24) is 19.7 Å². The van der Waals surface area contributed by atoms with E-state index in [0.717, 1.165) is 54.1 Å².